The summed E-state index contributed by atoms with van der Waals surface area (Å²) in [6, 6.07) is 2.09. The van der Waals surface area contributed by atoms with Gasteiger partial charge in [-0.25, -0.2) is 9.97 Å². The highest BCUT2D eigenvalue weighted by Crippen LogP contribution is 2.14. The molecule has 2 aromatic heterocycles. The highest BCUT2D eigenvalue weighted by Gasteiger charge is 2.02. The van der Waals surface area contributed by atoms with Gasteiger partial charge in [-0.3, -0.25) is 0 Å². The van der Waals surface area contributed by atoms with Gasteiger partial charge in [0.15, 0.2) is 0 Å². The monoisotopic (exact) mass is 158 g/mol. The molecule has 0 radical (unpaired) electrons. The third-order valence-corrected chi connectivity index (χ3v) is 1.71. The van der Waals surface area contributed by atoms with E-state index in [-0.39, 0.29) is 0 Å². The summed E-state index contributed by atoms with van der Waals surface area (Å²) in [6.45, 7) is 0. The molecule has 0 bridgehead atoms. The lowest BCUT2D eigenvalue weighted by molar-refractivity contribution is 1.20. The van der Waals surface area contributed by atoms with Crippen LogP contribution in [0.3, 0.4) is 0 Å². The number of aromatic amines is 1. The number of H-pyrrole nitrogens is 1. The Kier molecular flexibility index (Phi) is 1.49. The van der Waals surface area contributed by atoms with Crippen LogP contribution in [0.25, 0.3) is 11.0 Å². The Hall–Kier alpha value is -1.89. The lowest BCUT2D eigenvalue weighted by atomic mass is 10.2. The van der Waals surface area contributed by atoms with Gasteiger partial charge in [-0.1, -0.05) is 0 Å². The Morgan fingerprint density at radius 3 is 3.33 bits per heavy atom. The highest BCUT2D eigenvalue weighted by atomic mass is 14.9. The van der Waals surface area contributed by atoms with Crippen LogP contribution in [0.2, 0.25) is 0 Å². The van der Waals surface area contributed by atoms with Gasteiger partial charge < -0.3 is 4.98 Å². The predicted molar refractivity (Wildman–Crippen MR) is 43.2 cm³/mol. The van der Waals surface area contributed by atoms with Crippen LogP contribution in [0.4, 0.5) is 0 Å². The molecule has 4 heteroatoms. The molecule has 0 spiro atoms. The Morgan fingerprint density at radius 2 is 2.50 bits per heavy atom. The smallest absolute Gasteiger partial charge is 0.140 e. The summed E-state index contributed by atoms with van der Waals surface area (Å²) in [5.41, 5.74) is 1.74. The Morgan fingerprint density at radius 1 is 1.58 bits per heavy atom. The Labute approximate surface area is 68.9 Å². The summed E-state index contributed by atoms with van der Waals surface area (Å²) in [7, 11) is 0. The van der Waals surface area contributed by atoms with E-state index in [4.69, 9.17) is 5.26 Å². The van der Waals surface area contributed by atoms with Crippen molar-refractivity contribution in [3.05, 3.63) is 24.3 Å². The Bertz CT molecular complexity index is 437. The summed E-state index contributed by atoms with van der Waals surface area (Å²) in [4.78, 5) is 10.9. The minimum atomic E-state index is 0.396. The Balaban J connectivity index is 2.64. The number of fused-ring (bicyclic) bond motifs is 1. The zero-order valence-electron chi connectivity index (χ0n) is 6.28. The normalized spacial score (nSPS) is 9.92. The van der Waals surface area contributed by atoms with Crippen molar-refractivity contribution in [2.75, 3.05) is 0 Å². The van der Waals surface area contributed by atoms with Crippen molar-refractivity contribution in [3.8, 4) is 6.07 Å². The quantitative estimate of drug-likeness (QED) is 0.673. The molecule has 0 atom stereocenters. The number of nitrogens with zero attached hydrogens (tertiary/aromatic N) is 3. The molecule has 0 saturated heterocycles. The standard InChI is InChI=1S/C8H6N4/c9-2-1-6-3-11-8-7(6)4-10-5-12-8/h3-5H,1H2,(H,10,11,12). The second-order valence-electron chi connectivity index (χ2n) is 2.43. The van der Waals surface area contributed by atoms with Gasteiger partial charge in [-0.05, 0) is 5.56 Å². The van der Waals surface area contributed by atoms with Crippen LogP contribution in [-0.4, -0.2) is 15.0 Å². The molecule has 2 heterocycles. The lowest BCUT2D eigenvalue weighted by Crippen LogP contribution is -1.80. The second kappa shape index (κ2) is 2.62. The maximum atomic E-state index is 8.49. The topological polar surface area (TPSA) is 65.4 Å². The number of rotatable bonds is 1. The zero-order chi connectivity index (χ0) is 8.39. The van der Waals surface area contributed by atoms with Gasteiger partial charge in [-0.2, -0.15) is 5.26 Å². The van der Waals surface area contributed by atoms with E-state index in [1.807, 2.05) is 0 Å². The maximum Gasteiger partial charge on any atom is 0.140 e. The maximum absolute atomic E-state index is 8.49. The second-order valence-corrected chi connectivity index (χ2v) is 2.43. The van der Waals surface area contributed by atoms with Gasteiger partial charge in [-0.15, -0.1) is 0 Å². The van der Waals surface area contributed by atoms with Gasteiger partial charge in [0.1, 0.15) is 12.0 Å². The summed E-state index contributed by atoms with van der Waals surface area (Å²) < 4.78 is 0. The van der Waals surface area contributed by atoms with Crippen LogP contribution in [0.1, 0.15) is 5.56 Å². The average molecular weight is 158 g/mol. The van der Waals surface area contributed by atoms with E-state index >= 15 is 0 Å². The van der Waals surface area contributed by atoms with Crippen molar-refractivity contribution in [2.24, 2.45) is 0 Å². The molecule has 4 nitrogen and oxygen atoms in total. The van der Waals surface area contributed by atoms with Gasteiger partial charge in [0.25, 0.3) is 0 Å². The fraction of sp³-hybridized carbons (Fsp3) is 0.125. The minimum absolute atomic E-state index is 0.396. The SMILES string of the molecule is N#CCc1c[nH]c2ncncc12. The van der Waals surface area contributed by atoms with E-state index in [1.165, 1.54) is 6.33 Å². The first-order chi connectivity index (χ1) is 5.92. The third kappa shape index (κ3) is 0.920. The number of aromatic nitrogens is 3. The molecule has 1 N–H and O–H groups in total. The van der Waals surface area contributed by atoms with Crippen LogP contribution in [0.15, 0.2) is 18.7 Å². The van der Waals surface area contributed by atoms with Gasteiger partial charge >= 0.3 is 0 Å². The average Bonchev–Trinajstić information content (AvgIpc) is 2.50. The molecular formula is C8H6N4. The number of nitrogens with one attached hydrogen (secondary N) is 1. The molecule has 0 unspecified atom stereocenters. The van der Waals surface area contributed by atoms with Crippen molar-refractivity contribution in [1.82, 2.24) is 15.0 Å². The van der Waals surface area contributed by atoms with E-state index in [0.29, 0.717) is 6.42 Å². The van der Waals surface area contributed by atoms with Crippen molar-refractivity contribution in [3.63, 3.8) is 0 Å². The van der Waals surface area contributed by atoms with E-state index in [9.17, 15) is 0 Å². The summed E-state index contributed by atoms with van der Waals surface area (Å²) in [5.74, 6) is 0. The van der Waals surface area contributed by atoms with Gasteiger partial charge in [0, 0.05) is 17.8 Å². The largest absolute Gasteiger partial charge is 0.346 e. The first kappa shape index (κ1) is 6.80. The first-order valence-corrected chi connectivity index (χ1v) is 3.54. The van der Waals surface area contributed by atoms with Crippen molar-refractivity contribution in [2.45, 2.75) is 6.42 Å². The fourth-order valence-corrected chi connectivity index (χ4v) is 1.14. The molecule has 0 aromatic carbocycles. The van der Waals surface area contributed by atoms with E-state index in [2.05, 4.69) is 21.0 Å². The molecule has 0 aliphatic carbocycles. The first-order valence-electron chi connectivity index (χ1n) is 3.54. The molecule has 58 valence electrons. The van der Waals surface area contributed by atoms with Crippen molar-refractivity contribution < 1.29 is 0 Å². The molecule has 0 amide bonds. The summed E-state index contributed by atoms with van der Waals surface area (Å²) in [5, 5.41) is 9.42. The lowest BCUT2D eigenvalue weighted by Gasteiger charge is -1.88. The molecule has 0 fully saturated rings. The van der Waals surface area contributed by atoms with Crippen LogP contribution >= 0.6 is 0 Å². The van der Waals surface area contributed by atoms with Gasteiger partial charge in [0.2, 0.25) is 0 Å². The zero-order valence-corrected chi connectivity index (χ0v) is 6.28. The van der Waals surface area contributed by atoms with E-state index in [1.54, 1.807) is 12.4 Å². The third-order valence-electron chi connectivity index (χ3n) is 1.71. The number of hydrogen-bond donors (Lipinski definition) is 1. The predicted octanol–water partition coefficient (Wildman–Crippen LogP) is 1.02. The fourth-order valence-electron chi connectivity index (χ4n) is 1.14. The molecule has 0 saturated carbocycles. The molecule has 2 aromatic rings. The molecule has 0 aliphatic rings. The van der Waals surface area contributed by atoms with E-state index in [0.717, 1.165) is 16.6 Å². The van der Waals surface area contributed by atoms with Crippen molar-refractivity contribution in [1.29, 1.82) is 5.26 Å². The number of hydrogen-bond acceptors (Lipinski definition) is 3. The number of nitriles is 1. The van der Waals surface area contributed by atoms with E-state index < -0.39 is 0 Å². The summed E-state index contributed by atoms with van der Waals surface area (Å²) >= 11 is 0. The molecule has 2 rings (SSSR count). The van der Waals surface area contributed by atoms with Gasteiger partial charge in [0.05, 0.1) is 12.5 Å². The molecule has 12 heavy (non-hydrogen) atoms. The highest BCUT2D eigenvalue weighted by molar-refractivity contribution is 5.78. The minimum Gasteiger partial charge on any atom is -0.346 e. The van der Waals surface area contributed by atoms with Crippen LogP contribution in [0, 0.1) is 11.3 Å². The summed E-state index contributed by atoms with van der Waals surface area (Å²) in [6.07, 6.45) is 5.39. The van der Waals surface area contributed by atoms with Crippen LogP contribution in [0.5, 0.6) is 0 Å². The molecule has 0 aliphatic heterocycles. The van der Waals surface area contributed by atoms with Crippen LogP contribution < -0.4 is 0 Å². The molecular weight excluding hydrogens is 152 g/mol. The van der Waals surface area contributed by atoms with Crippen LogP contribution in [-0.2, 0) is 6.42 Å². The van der Waals surface area contributed by atoms with Crippen molar-refractivity contribution >= 4 is 11.0 Å².